The number of carbonyl (C=O) groups excluding carboxylic acids is 1. The Labute approximate surface area is 98.6 Å². The normalized spacial score (nSPS) is 20.1. The van der Waals surface area contributed by atoms with Crippen molar-refractivity contribution >= 4 is 23.2 Å². The molecule has 2 rings (SSSR count). The molecule has 3 N–H and O–H groups in total. The van der Waals surface area contributed by atoms with Crippen molar-refractivity contribution in [1.82, 2.24) is 0 Å². The Bertz CT molecular complexity index is 422. The lowest BCUT2D eigenvalue weighted by Crippen LogP contribution is -2.25. The first-order valence-electron chi connectivity index (χ1n) is 5.10. The molecule has 0 bridgehead atoms. The third-order valence-electron chi connectivity index (χ3n) is 2.73. The number of anilines is 1. The van der Waals surface area contributed by atoms with Gasteiger partial charge in [0.1, 0.15) is 0 Å². The quantitative estimate of drug-likeness (QED) is 0.811. The molecular formula is C11H13ClN2O2. The number of amides is 1. The summed E-state index contributed by atoms with van der Waals surface area (Å²) in [6.07, 6.45) is 0.372. The smallest absolute Gasteiger partial charge is 0.250 e. The molecule has 1 aliphatic heterocycles. The number of primary amides is 1. The summed E-state index contributed by atoms with van der Waals surface area (Å²) in [6.45, 7) is 1.25. The van der Waals surface area contributed by atoms with Crippen LogP contribution in [0.1, 0.15) is 16.8 Å². The number of β-amino-alcohol motifs (C(OH)–C–C–N with tert-alkyl or cyclic N) is 1. The van der Waals surface area contributed by atoms with Crippen molar-refractivity contribution < 1.29 is 9.90 Å². The summed E-state index contributed by atoms with van der Waals surface area (Å²) in [4.78, 5) is 13.2. The molecule has 1 aromatic carbocycles. The predicted molar refractivity (Wildman–Crippen MR) is 62.8 cm³/mol. The maximum absolute atomic E-state index is 11.3. The number of halogens is 1. The number of nitrogens with zero attached hydrogens (tertiary/aromatic N) is 1. The summed E-state index contributed by atoms with van der Waals surface area (Å²) in [5.74, 6) is -0.501. The molecule has 1 aromatic rings. The first-order chi connectivity index (χ1) is 7.58. The van der Waals surface area contributed by atoms with Crippen LogP contribution >= 0.6 is 11.6 Å². The standard InChI is InChI=1S/C11H13ClN2O2/c12-7-1-2-10(9(5-7)11(13)16)14-4-3-8(15)6-14/h1-2,5,8,15H,3-4,6H2,(H2,13,16). The minimum absolute atomic E-state index is 0.337. The van der Waals surface area contributed by atoms with Crippen LogP contribution in [-0.2, 0) is 0 Å². The van der Waals surface area contributed by atoms with Crippen LogP contribution in [0.15, 0.2) is 18.2 Å². The lowest BCUT2D eigenvalue weighted by Gasteiger charge is -2.20. The first kappa shape index (κ1) is 11.2. The second kappa shape index (κ2) is 4.31. The van der Waals surface area contributed by atoms with Crippen LogP contribution in [-0.4, -0.2) is 30.2 Å². The van der Waals surface area contributed by atoms with E-state index < -0.39 is 5.91 Å². The first-order valence-corrected chi connectivity index (χ1v) is 5.48. The second-order valence-electron chi connectivity index (χ2n) is 3.91. The van der Waals surface area contributed by atoms with Crippen molar-refractivity contribution in [2.75, 3.05) is 18.0 Å². The van der Waals surface area contributed by atoms with Gasteiger partial charge in [0.2, 0.25) is 0 Å². The molecule has 86 valence electrons. The van der Waals surface area contributed by atoms with E-state index in [9.17, 15) is 9.90 Å². The third kappa shape index (κ3) is 2.13. The molecule has 1 atom stereocenters. The SMILES string of the molecule is NC(=O)c1cc(Cl)ccc1N1CCC(O)C1. The number of benzene rings is 1. The predicted octanol–water partition coefficient (Wildman–Crippen LogP) is 1.01. The van der Waals surface area contributed by atoms with E-state index in [0.717, 1.165) is 12.2 Å². The molecule has 0 radical (unpaired) electrons. The van der Waals surface area contributed by atoms with Gasteiger partial charge in [-0.3, -0.25) is 4.79 Å². The summed E-state index contributed by atoms with van der Waals surface area (Å²) in [6, 6.07) is 5.04. The zero-order chi connectivity index (χ0) is 11.7. The zero-order valence-corrected chi connectivity index (χ0v) is 9.44. The largest absolute Gasteiger partial charge is 0.391 e. The van der Waals surface area contributed by atoms with Gasteiger partial charge >= 0.3 is 0 Å². The Morgan fingerprint density at radius 2 is 2.31 bits per heavy atom. The van der Waals surface area contributed by atoms with Crippen molar-refractivity contribution in [2.45, 2.75) is 12.5 Å². The highest BCUT2D eigenvalue weighted by Gasteiger charge is 2.23. The Kier molecular flexibility index (Phi) is 3.03. The number of rotatable bonds is 2. The topological polar surface area (TPSA) is 66.6 Å². The molecule has 5 heteroatoms. The fraction of sp³-hybridized carbons (Fsp3) is 0.364. The highest BCUT2D eigenvalue weighted by Crippen LogP contribution is 2.27. The van der Waals surface area contributed by atoms with E-state index in [1.807, 2.05) is 4.90 Å². The molecule has 1 heterocycles. The monoisotopic (exact) mass is 240 g/mol. The van der Waals surface area contributed by atoms with Gasteiger partial charge in [-0.1, -0.05) is 11.6 Å². The Morgan fingerprint density at radius 3 is 2.88 bits per heavy atom. The van der Waals surface area contributed by atoms with Gasteiger partial charge in [0.25, 0.3) is 5.91 Å². The third-order valence-corrected chi connectivity index (χ3v) is 2.96. The van der Waals surface area contributed by atoms with E-state index in [4.69, 9.17) is 17.3 Å². The minimum atomic E-state index is -0.501. The molecule has 4 nitrogen and oxygen atoms in total. The molecule has 0 saturated carbocycles. The summed E-state index contributed by atoms with van der Waals surface area (Å²) >= 11 is 5.82. The van der Waals surface area contributed by atoms with E-state index >= 15 is 0 Å². The Morgan fingerprint density at radius 1 is 1.56 bits per heavy atom. The van der Waals surface area contributed by atoms with Crippen LogP contribution in [0.25, 0.3) is 0 Å². The summed E-state index contributed by atoms with van der Waals surface area (Å²) in [5, 5.41) is 9.94. The average molecular weight is 241 g/mol. The molecule has 1 unspecified atom stereocenters. The molecule has 1 amide bonds. The van der Waals surface area contributed by atoms with Crippen molar-refractivity contribution in [3.63, 3.8) is 0 Å². The highest BCUT2D eigenvalue weighted by atomic mass is 35.5. The highest BCUT2D eigenvalue weighted by molar-refractivity contribution is 6.31. The van der Waals surface area contributed by atoms with Crippen LogP contribution in [0.3, 0.4) is 0 Å². The Hall–Kier alpha value is -1.26. The molecule has 16 heavy (non-hydrogen) atoms. The minimum Gasteiger partial charge on any atom is -0.391 e. The average Bonchev–Trinajstić information content (AvgIpc) is 2.64. The lowest BCUT2D eigenvalue weighted by atomic mass is 10.1. The number of aliphatic hydroxyl groups is 1. The summed E-state index contributed by atoms with van der Waals surface area (Å²) in [5.41, 5.74) is 6.45. The Balaban J connectivity index is 2.36. The zero-order valence-electron chi connectivity index (χ0n) is 8.69. The number of hydrogen-bond donors (Lipinski definition) is 2. The van der Waals surface area contributed by atoms with Crippen LogP contribution in [0.5, 0.6) is 0 Å². The number of hydrogen-bond acceptors (Lipinski definition) is 3. The van der Waals surface area contributed by atoms with Crippen molar-refractivity contribution in [1.29, 1.82) is 0 Å². The molecular weight excluding hydrogens is 228 g/mol. The van der Waals surface area contributed by atoms with E-state index in [1.165, 1.54) is 0 Å². The molecule has 1 aliphatic rings. The summed E-state index contributed by atoms with van der Waals surface area (Å²) < 4.78 is 0. The lowest BCUT2D eigenvalue weighted by molar-refractivity contribution is 0.100. The van der Waals surface area contributed by atoms with E-state index in [-0.39, 0.29) is 6.10 Å². The number of aliphatic hydroxyl groups excluding tert-OH is 1. The van der Waals surface area contributed by atoms with Gasteiger partial charge in [-0.15, -0.1) is 0 Å². The van der Waals surface area contributed by atoms with Gasteiger partial charge in [0.05, 0.1) is 11.7 Å². The van der Waals surface area contributed by atoms with Crippen LogP contribution in [0, 0.1) is 0 Å². The molecule has 1 saturated heterocycles. The molecule has 0 aliphatic carbocycles. The van der Waals surface area contributed by atoms with Gasteiger partial charge in [0.15, 0.2) is 0 Å². The fourth-order valence-electron chi connectivity index (χ4n) is 1.94. The van der Waals surface area contributed by atoms with Crippen molar-refractivity contribution in [2.24, 2.45) is 5.73 Å². The van der Waals surface area contributed by atoms with Gasteiger partial charge in [-0.2, -0.15) is 0 Å². The number of nitrogens with two attached hydrogens (primary N) is 1. The molecule has 1 fully saturated rings. The van der Waals surface area contributed by atoms with E-state index in [2.05, 4.69) is 0 Å². The van der Waals surface area contributed by atoms with Crippen molar-refractivity contribution in [3.05, 3.63) is 28.8 Å². The van der Waals surface area contributed by atoms with Crippen molar-refractivity contribution in [3.8, 4) is 0 Å². The van der Waals surface area contributed by atoms with E-state index in [1.54, 1.807) is 18.2 Å². The summed E-state index contributed by atoms with van der Waals surface area (Å²) in [7, 11) is 0. The maximum Gasteiger partial charge on any atom is 0.250 e. The molecule has 0 aromatic heterocycles. The van der Waals surface area contributed by atoms with E-state index in [0.29, 0.717) is 23.6 Å². The maximum atomic E-state index is 11.3. The van der Waals surface area contributed by atoms with Gasteiger partial charge in [-0.25, -0.2) is 0 Å². The molecule has 0 spiro atoms. The van der Waals surface area contributed by atoms with Gasteiger partial charge in [0, 0.05) is 23.8 Å². The van der Waals surface area contributed by atoms with Crippen LogP contribution in [0.4, 0.5) is 5.69 Å². The second-order valence-corrected chi connectivity index (χ2v) is 4.35. The van der Waals surface area contributed by atoms with Gasteiger partial charge < -0.3 is 15.7 Å². The van der Waals surface area contributed by atoms with Crippen LogP contribution in [0.2, 0.25) is 5.02 Å². The fourth-order valence-corrected chi connectivity index (χ4v) is 2.11. The number of carbonyl (C=O) groups is 1. The van der Waals surface area contributed by atoms with Gasteiger partial charge in [-0.05, 0) is 24.6 Å². The van der Waals surface area contributed by atoms with Crippen LogP contribution < -0.4 is 10.6 Å².